The molecule has 0 aliphatic carbocycles. The highest BCUT2D eigenvalue weighted by Gasteiger charge is 2.16. The molecule has 0 spiro atoms. The summed E-state index contributed by atoms with van der Waals surface area (Å²) in [4.78, 5) is 11.8. The Kier molecular flexibility index (Phi) is 6.55. The van der Waals surface area contributed by atoms with E-state index in [2.05, 4.69) is 35.1 Å². The Bertz CT molecular complexity index is 902. The van der Waals surface area contributed by atoms with Crippen molar-refractivity contribution in [3.8, 4) is 6.07 Å². The minimum Gasteiger partial charge on any atom is -0.254 e. The molecule has 0 bridgehead atoms. The summed E-state index contributed by atoms with van der Waals surface area (Å²) in [6, 6.07) is 10.5. The molecule has 2 aromatic heterocycles. The lowest BCUT2D eigenvalue weighted by Crippen LogP contribution is -1.93. The molecule has 0 amide bonds. The number of hydrogen-bond donors (Lipinski definition) is 0. The average Bonchev–Trinajstić information content (AvgIpc) is 2.66. The summed E-state index contributed by atoms with van der Waals surface area (Å²) in [5.74, 6) is 1.91. The molecular weight excluding hydrogens is 346 g/mol. The van der Waals surface area contributed by atoms with Gasteiger partial charge in [0, 0.05) is 45.1 Å². The number of pyridine rings is 2. The zero-order chi connectivity index (χ0) is 17.5. The van der Waals surface area contributed by atoms with E-state index < -0.39 is 0 Å². The fourth-order valence-corrected chi connectivity index (χ4v) is 5.24. The molecule has 0 aliphatic heterocycles. The number of aromatic nitrogens is 2. The number of nitrogens with zero attached hydrogens (tertiary/aromatic N) is 3. The van der Waals surface area contributed by atoms with E-state index in [0.29, 0.717) is 6.42 Å². The molecule has 3 nitrogen and oxygen atoms in total. The number of rotatable bonds is 8. The first-order chi connectivity index (χ1) is 12.4. The van der Waals surface area contributed by atoms with E-state index in [1.165, 1.54) is 34.4 Å². The molecule has 0 atom stereocenters. The smallest absolute Gasteiger partial charge is 0.0976 e. The molecule has 0 unspecified atom stereocenters. The maximum absolute atomic E-state index is 8.91. The van der Waals surface area contributed by atoms with Crippen LogP contribution in [0.2, 0.25) is 0 Å². The van der Waals surface area contributed by atoms with Gasteiger partial charge in [0.15, 0.2) is 0 Å². The van der Waals surface area contributed by atoms with Crippen LogP contribution in [0.1, 0.15) is 32.6 Å². The van der Waals surface area contributed by atoms with Crippen LogP contribution >= 0.6 is 23.5 Å². The monoisotopic (exact) mass is 367 g/mol. The minimum absolute atomic E-state index is 0.553. The lowest BCUT2D eigenvalue weighted by Gasteiger charge is -2.15. The molecule has 0 aliphatic rings. The number of hydrogen-bond acceptors (Lipinski definition) is 5. The van der Waals surface area contributed by atoms with Crippen LogP contribution < -0.4 is 0 Å². The SMILES string of the molecule is CCCCCSc1c(SCCC#N)c2cccnc2c2ncccc12. The molecule has 128 valence electrons. The first kappa shape index (κ1) is 18.0. The Morgan fingerprint density at radius 1 is 0.920 bits per heavy atom. The lowest BCUT2D eigenvalue weighted by molar-refractivity contribution is 0.778. The number of unbranched alkanes of at least 4 members (excludes halogenated alkanes) is 2. The Morgan fingerprint density at radius 3 is 2.08 bits per heavy atom. The molecule has 5 heteroatoms. The Balaban J connectivity index is 2.12. The van der Waals surface area contributed by atoms with Crippen LogP contribution in [-0.4, -0.2) is 21.5 Å². The molecule has 25 heavy (non-hydrogen) atoms. The number of fused-ring (bicyclic) bond motifs is 3. The van der Waals surface area contributed by atoms with Crippen molar-refractivity contribution in [3.63, 3.8) is 0 Å². The van der Waals surface area contributed by atoms with Gasteiger partial charge in [-0.05, 0) is 24.3 Å². The summed E-state index contributed by atoms with van der Waals surface area (Å²) >= 11 is 3.69. The van der Waals surface area contributed by atoms with E-state index in [0.717, 1.165) is 27.9 Å². The van der Waals surface area contributed by atoms with Gasteiger partial charge < -0.3 is 0 Å². The molecule has 0 saturated carbocycles. The van der Waals surface area contributed by atoms with Gasteiger partial charge in [-0.25, -0.2) is 0 Å². The molecule has 3 rings (SSSR count). The first-order valence-corrected chi connectivity index (χ1v) is 10.6. The largest absolute Gasteiger partial charge is 0.254 e. The molecule has 0 radical (unpaired) electrons. The fraction of sp³-hybridized carbons (Fsp3) is 0.350. The van der Waals surface area contributed by atoms with Crippen molar-refractivity contribution >= 4 is 45.3 Å². The van der Waals surface area contributed by atoms with E-state index in [9.17, 15) is 0 Å². The van der Waals surface area contributed by atoms with Crippen molar-refractivity contribution in [1.29, 1.82) is 5.26 Å². The summed E-state index contributed by atoms with van der Waals surface area (Å²) in [6.45, 7) is 2.23. The summed E-state index contributed by atoms with van der Waals surface area (Å²) in [6.07, 6.45) is 7.93. The van der Waals surface area contributed by atoms with Gasteiger partial charge in [-0.1, -0.05) is 31.9 Å². The highest BCUT2D eigenvalue weighted by Crippen LogP contribution is 2.42. The highest BCUT2D eigenvalue weighted by atomic mass is 32.2. The zero-order valence-corrected chi connectivity index (χ0v) is 16.0. The van der Waals surface area contributed by atoms with Gasteiger partial charge in [-0.2, -0.15) is 5.26 Å². The Morgan fingerprint density at radius 2 is 1.52 bits per heavy atom. The molecule has 2 heterocycles. The summed E-state index contributed by atoms with van der Waals surface area (Å²) in [7, 11) is 0. The van der Waals surface area contributed by atoms with Crippen molar-refractivity contribution in [1.82, 2.24) is 9.97 Å². The third-order valence-electron chi connectivity index (χ3n) is 3.99. The van der Waals surface area contributed by atoms with Crippen LogP contribution in [-0.2, 0) is 0 Å². The van der Waals surface area contributed by atoms with E-state index in [1.54, 1.807) is 11.8 Å². The van der Waals surface area contributed by atoms with Gasteiger partial charge >= 0.3 is 0 Å². The van der Waals surface area contributed by atoms with Gasteiger partial charge in [-0.15, -0.1) is 23.5 Å². The molecular formula is C20H21N3S2. The van der Waals surface area contributed by atoms with Crippen molar-refractivity contribution in [2.24, 2.45) is 0 Å². The Hall–Kier alpha value is -1.77. The summed E-state index contributed by atoms with van der Waals surface area (Å²) < 4.78 is 0. The molecule has 1 aromatic carbocycles. The molecule has 0 fully saturated rings. The van der Waals surface area contributed by atoms with Crippen molar-refractivity contribution in [3.05, 3.63) is 36.7 Å². The topological polar surface area (TPSA) is 49.6 Å². The summed E-state index contributed by atoms with van der Waals surface area (Å²) in [5, 5.41) is 11.2. The van der Waals surface area contributed by atoms with Crippen LogP contribution in [0.25, 0.3) is 21.8 Å². The predicted octanol–water partition coefficient (Wildman–Crippen LogP) is 6.07. The zero-order valence-electron chi connectivity index (χ0n) is 14.4. The third kappa shape index (κ3) is 4.08. The Labute approximate surface area is 157 Å². The molecule has 3 aromatic rings. The van der Waals surface area contributed by atoms with Gasteiger partial charge in [0.25, 0.3) is 0 Å². The van der Waals surface area contributed by atoms with E-state index in [-0.39, 0.29) is 0 Å². The van der Waals surface area contributed by atoms with Gasteiger partial charge in [0.05, 0.1) is 17.1 Å². The van der Waals surface area contributed by atoms with Crippen molar-refractivity contribution < 1.29 is 0 Å². The molecule has 0 N–H and O–H groups in total. The van der Waals surface area contributed by atoms with Crippen LogP contribution in [0, 0.1) is 11.3 Å². The number of nitriles is 1. The second-order valence-electron chi connectivity index (χ2n) is 5.77. The fourth-order valence-electron chi connectivity index (χ4n) is 2.81. The van der Waals surface area contributed by atoms with Gasteiger partial charge in [-0.3, -0.25) is 9.97 Å². The van der Waals surface area contributed by atoms with Crippen LogP contribution in [0.3, 0.4) is 0 Å². The van der Waals surface area contributed by atoms with Crippen LogP contribution in [0.15, 0.2) is 46.5 Å². The van der Waals surface area contributed by atoms with Crippen LogP contribution in [0.4, 0.5) is 0 Å². The minimum atomic E-state index is 0.553. The third-order valence-corrected chi connectivity index (χ3v) is 6.45. The maximum Gasteiger partial charge on any atom is 0.0976 e. The number of benzene rings is 1. The lowest BCUT2D eigenvalue weighted by atomic mass is 10.1. The van der Waals surface area contributed by atoms with E-state index >= 15 is 0 Å². The normalized spacial score (nSPS) is 11.0. The molecule has 0 saturated heterocycles. The highest BCUT2D eigenvalue weighted by molar-refractivity contribution is 8.02. The predicted molar refractivity (Wildman–Crippen MR) is 108 cm³/mol. The average molecular weight is 368 g/mol. The van der Waals surface area contributed by atoms with E-state index in [4.69, 9.17) is 5.26 Å². The second kappa shape index (κ2) is 9.07. The van der Waals surface area contributed by atoms with Crippen molar-refractivity contribution in [2.45, 2.75) is 42.4 Å². The second-order valence-corrected chi connectivity index (χ2v) is 7.98. The maximum atomic E-state index is 8.91. The van der Waals surface area contributed by atoms with Crippen molar-refractivity contribution in [2.75, 3.05) is 11.5 Å². The van der Waals surface area contributed by atoms with Gasteiger partial charge in [0.2, 0.25) is 0 Å². The van der Waals surface area contributed by atoms with E-state index in [1.807, 2.05) is 36.3 Å². The van der Waals surface area contributed by atoms with Gasteiger partial charge in [0.1, 0.15) is 0 Å². The summed E-state index contributed by atoms with van der Waals surface area (Å²) in [5.41, 5.74) is 1.93. The first-order valence-electron chi connectivity index (χ1n) is 8.64. The quantitative estimate of drug-likeness (QED) is 0.275. The van der Waals surface area contributed by atoms with Crippen LogP contribution in [0.5, 0.6) is 0 Å². The standard InChI is InChI=1S/C20H21N3S2/c1-2-3-4-13-24-19-15-8-5-11-22-17(15)18-16(9-6-12-23-18)20(19)25-14-7-10-21/h5-6,8-9,11-12H,2-4,7,13-14H2,1H3. The number of thioether (sulfide) groups is 2.